The summed E-state index contributed by atoms with van der Waals surface area (Å²) in [5.74, 6) is -1.74. The van der Waals surface area contributed by atoms with Crippen LogP contribution in [0.25, 0.3) is 5.76 Å². The summed E-state index contributed by atoms with van der Waals surface area (Å²) in [5.41, 5.74) is 0.0987. The molecule has 25 heavy (non-hydrogen) atoms. The van der Waals surface area contributed by atoms with Crippen LogP contribution in [0.4, 0.5) is 0 Å². The van der Waals surface area contributed by atoms with Crippen LogP contribution in [0.5, 0.6) is 0 Å². The van der Waals surface area contributed by atoms with E-state index >= 15 is 0 Å². The third kappa shape index (κ3) is 4.35. The van der Waals surface area contributed by atoms with Gasteiger partial charge in [-0.2, -0.15) is 0 Å². The minimum absolute atomic E-state index is 0.0818. The molecule has 0 aromatic heterocycles. The van der Waals surface area contributed by atoms with E-state index in [1.165, 1.54) is 6.07 Å². The van der Waals surface area contributed by atoms with Crippen molar-refractivity contribution in [3.8, 4) is 0 Å². The molecule has 1 aliphatic carbocycles. The highest BCUT2D eigenvalue weighted by molar-refractivity contribution is 6.52. The fraction of sp³-hybridized carbons (Fsp3) is 0.450. The van der Waals surface area contributed by atoms with Gasteiger partial charge < -0.3 is 9.84 Å². The molecule has 0 bridgehead atoms. The Kier molecular flexibility index (Phi) is 5.77. The van der Waals surface area contributed by atoms with Crippen molar-refractivity contribution < 1.29 is 24.2 Å². The summed E-state index contributed by atoms with van der Waals surface area (Å²) in [6, 6.07) is 6.51. The quantitative estimate of drug-likeness (QED) is 0.600. The van der Waals surface area contributed by atoms with Crippen molar-refractivity contribution in [3.05, 3.63) is 41.0 Å². The van der Waals surface area contributed by atoms with E-state index in [0.29, 0.717) is 12.0 Å². The van der Waals surface area contributed by atoms with Gasteiger partial charge in [0, 0.05) is 28.5 Å². The number of carbonyl (C=O) groups is 3. The Balaban J connectivity index is 2.16. The molecule has 0 saturated carbocycles. The maximum absolute atomic E-state index is 12.4. The predicted octanol–water partition coefficient (Wildman–Crippen LogP) is 3.87. The molecule has 1 aromatic carbocycles. The molecule has 0 saturated heterocycles. The standard InChI is InChI=1S/C20H24O5/c1-4-5-10-16(21)25-12-20(2,3)11-15-17(22)13-8-6-7-9-14(13)18(23)19(15)24/h6-9,22H,4-5,10-12H2,1-3H3. The van der Waals surface area contributed by atoms with Crippen molar-refractivity contribution in [2.45, 2.75) is 46.5 Å². The number of carbonyl (C=O) groups excluding carboxylic acids is 3. The topological polar surface area (TPSA) is 80.7 Å². The van der Waals surface area contributed by atoms with Crippen LogP contribution in [0.1, 0.15) is 62.4 Å². The van der Waals surface area contributed by atoms with Gasteiger partial charge in [-0.3, -0.25) is 14.4 Å². The number of rotatable bonds is 7. The number of ether oxygens (including phenoxy) is 1. The van der Waals surface area contributed by atoms with Crippen LogP contribution in [0.3, 0.4) is 0 Å². The van der Waals surface area contributed by atoms with Crippen molar-refractivity contribution in [1.82, 2.24) is 0 Å². The Bertz CT molecular complexity index is 727. The number of allylic oxidation sites excluding steroid dienone is 1. The second kappa shape index (κ2) is 7.64. The Morgan fingerprint density at radius 2 is 1.76 bits per heavy atom. The molecule has 0 fully saturated rings. The van der Waals surface area contributed by atoms with Gasteiger partial charge in [0.25, 0.3) is 0 Å². The number of hydrogen-bond acceptors (Lipinski definition) is 5. The molecule has 5 heteroatoms. The first-order chi connectivity index (χ1) is 11.8. The first-order valence-corrected chi connectivity index (χ1v) is 8.53. The Labute approximate surface area is 147 Å². The Hall–Kier alpha value is -2.43. The molecule has 1 aromatic rings. The molecule has 0 aliphatic heterocycles. The van der Waals surface area contributed by atoms with E-state index in [9.17, 15) is 19.5 Å². The van der Waals surface area contributed by atoms with Gasteiger partial charge in [-0.1, -0.05) is 51.5 Å². The molecule has 0 heterocycles. The van der Waals surface area contributed by atoms with Crippen molar-refractivity contribution >= 4 is 23.3 Å². The molecule has 0 unspecified atom stereocenters. The monoisotopic (exact) mass is 344 g/mol. The smallest absolute Gasteiger partial charge is 0.305 e. The van der Waals surface area contributed by atoms with Crippen LogP contribution in [0, 0.1) is 5.41 Å². The molecule has 0 atom stereocenters. The predicted molar refractivity (Wildman–Crippen MR) is 94.2 cm³/mol. The van der Waals surface area contributed by atoms with Crippen LogP contribution in [0.15, 0.2) is 29.8 Å². The molecular formula is C20H24O5. The lowest BCUT2D eigenvalue weighted by Crippen LogP contribution is -2.29. The molecule has 1 N–H and O–H groups in total. The van der Waals surface area contributed by atoms with Gasteiger partial charge in [0.1, 0.15) is 5.76 Å². The van der Waals surface area contributed by atoms with Crippen LogP contribution < -0.4 is 0 Å². The highest BCUT2D eigenvalue weighted by Crippen LogP contribution is 2.35. The molecule has 5 nitrogen and oxygen atoms in total. The lowest BCUT2D eigenvalue weighted by Gasteiger charge is -2.27. The van der Waals surface area contributed by atoms with Crippen LogP contribution >= 0.6 is 0 Å². The van der Waals surface area contributed by atoms with Crippen LogP contribution in [-0.2, 0) is 14.3 Å². The number of ketones is 2. The van der Waals surface area contributed by atoms with Crippen molar-refractivity contribution in [3.63, 3.8) is 0 Å². The number of hydrogen-bond donors (Lipinski definition) is 1. The first kappa shape index (κ1) is 18.9. The molecule has 134 valence electrons. The number of unbranched alkanes of at least 4 members (excludes halogenated alkanes) is 1. The number of aliphatic hydroxyl groups is 1. The minimum atomic E-state index is -0.693. The molecule has 0 spiro atoms. The van der Waals surface area contributed by atoms with Gasteiger partial charge in [0.15, 0.2) is 0 Å². The number of benzene rings is 1. The average molecular weight is 344 g/mol. The first-order valence-electron chi connectivity index (χ1n) is 8.53. The average Bonchev–Trinajstić information content (AvgIpc) is 2.60. The molecular weight excluding hydrogens is 320 g/mol. The van der Waals surface area contributed by atoms with Crippen molar-refractivity contribution in [1.29, 1.82) is 0 Å². The van der Waals surface area contributed by atoms with E-state index in [1.807, 2.05) is 20.8 Å². The highest BCUT2D eigenvalue weighted by atomic mass is 16.5. The molecule has 0 radical (unpaired) electrons. The lowest BCUT2D eigenvalue weighted by atomic mass is 9.79. The van der Waals surface area contributed by atoms with E-state index in [-0.39, 0.29) is 35.9 Å². The third-order valence-electron chi connectivity index (χ3n) is 4.21. The van der Waals surface area contributed by atoms with Gasteiger partial charge >= 0.3 is 5.97 Å². The van der Waals surface area contributed by atoms with E-state index in [0.717, 1.165) is 12.8 Å². The lowest BCUT2D eigenvalue weighted by molar-refractivity contribution is -0.146. The second-order valence-corrected chi connectivity index (χ2v) is 7.14. The maximum Gasteiger partial charge on any atom is 0.305 e. The Morgan fingerprint density at radius 1 is 1.12 bits per heavy atom. The van der Waals surface area contributed by atoms with Crippen molar-refractivity contribution in [2.24, 2.45) is 5.41 Å². The summed E-state index contributed by atoms with van der Waals surface area (Å²) in [4.78, 5) is 36.3. The maximum atomic E-state index is 12.4. The fourth-order valence-electron chi connectivity index (χ4n) is 2.78. The summed E-state index contributed by atoms with van der Waals surface area (Å²) >= 11 is 0. The van der Waals surface area contributed by atoms with E-state index in [2.05, 4.69) is 0 Å². The Morgan fingerprint density at radius 3 is 2.40 bits per heavy atom. The van der Waals surface area contributed by atoms with E-state index < -0.39 is 17.0 Å². The van der Waals surface area contributed by atoms with Gasteiger partial charge in [-0.05, 0) is 12.8 Å². The van der Waals surface area contributed by atoms with Gasteiger partial charge in [0.05, 0.1) is 6.61 Å². The zero-order chi connectivity index (χ0) is 18.6. The zero-order valence-electron chi connectivity index (χ0n) is 14.9. The minimum Gasteiger partial charge on any atom is -0.507 e. The number of Topliss-reactive ketones (excluding diaryl/α,β-unsaturated/α-hetero) is 2. The highest BCUT2D eigenvalue weighted by Gasteiger charge is 2.36. The number of esters is 1. The summed E-state index contributed by atoms with van der Waals surface area (Å²) in [6.07, 6.45) is 2.20. The third-order valence-corrected chi connectivity index (χ3v) is 4.21. The summed E-state index contributed by atoms with van der Waals surface area (Å²) in [6.45, 7) is 5.78. The molecule has 0 amide bonds. The fourth-order valence-corrected chi connectivity index (χ4v) is 2.78. The summed E-state index contributed by atoms with van der Waals surface area (Å²) in [5, 5.41) is 10.5. The molecule has 2 rings (SSSR count). The molecule has 1 aliphatic rings. The zero-order valence-corrected chi connectivity index (χ0v) is 14.9. The number of fused-ring (bicyclic) bond motifs is 1. The van der Waals surface area contributed by atoms with E-state index in [1.54, 1.807) is 18.2 Å². The second-order valence-electron chi connectivity index (χ2n) is 7.14. The SMILES string of the molecule is CCCCC(=O)OCC(C)(C)CC1=C(O)c2ccccc2C(=O)C1=O. The van der Waals surface area contributed by atoms with Crippen molar-refractivity contribution in [2.75, 3.05) is 6.61 Å². The van der Waals surface area contributed by atoms with Gasteiger partial charge in [-0.25, -0.2) is 0 Å². The summed E-state index contributed by atoms with van der Waals surface area (Å²) in [7, 11) is 0. The van der Waals surface area contributed by atoms with Gasteiger partial charge in [-0.15, -0.1) is 0 Å². The van der Waals surface area contributed by atoms with Crippen LogP contribution in [0.2, 0.25) is 0 Å². The normalized spacial score (nSPS) is 14.5. The van der Waals surface area contributed by atoms with E-state index in [4.69, 9.17) is 4.74 Å². The number of aliphatic hydroxyl groups excluding tert-OH is 1. The largest absolute Gasteiger partial charge is 0.507 e. The van der Waals surface area contributed by atoms with Crippen LogP contribution in [-0.4, -0.2) is 29.2 Å². The van der Waals surface area contributed by atoms with Gasteiger partial charge in [0.2, 0.25) is 11.6 Å². The summed E-state index contributed by atoms with van der Waals surface area (Å²) < 4.78 is 5.28.